The normalized spacial score (nSPS) is 18.2. The van der Waals surface area contributed by atoms with E-state index in [1.54, 1.807) is 43.3 Å². The molecule has 2 aliphatic heterocycles. The summed E-state index contributed by atoms with van der Waals surface area (Å²) in [6.45, 7) is 5.91. The second-order valence-electron chi connectivity index (χ2n) is 10.4. The molecular weight excluding hydrogens is 575 g/mol. The lowest BCUT2D eigenvalue weighted by Crippen LogP contribution is -2.47. The van der Waals surface area contributed by atoms with Crippen LogP contribution in [0.4, 0.5) is 5.69 Å². The fourth-order valence-corrected chi connectivity index (χ4v) is 7.18. The van der Waals surface area contributed by atoms with E-state index in [1.807, 2.05) is 7.05 Å². The van der Waals surface area contributed by atoms with Crippen LogP contribution in [0.5, 0.6) is 0 Å². The molecule has 2 saturated heterocycles. The topological polar surface area (TPSA) is 112 Å². The Kier molecular flexibility index (Phi) is 8.79. The van der Waals surface area contributed by atoms with Gasteiger partial charge in [-0.3, -0.25) is 9.69 Å². The number of amides is 1. The summed E-state index contributed by atoms with van der Waals surface area (Å²) in [7, 11) is -1.66. The zero-order chi connectivity index (χ0) is 28.4. The Balaban J connectivity index is 1.16. The number of piperidine rings is 1. The van der Waals surface area contributed by atoms with Crippen LogP contribution in [0, 0.1) is 12.8 Å². The van der Waals surface area contributed by atoms with Crippen molar-refractivity contribution in [2.45, 2.75) is 31.2 Å². The van der Waals surface area contributed by atoms with Gasteiger partial charge in [0.25, 0.3) is 0 Å². The third kappa shape index (κ3) is 6.50. The summed E-state index contributed by atoms with van der Waals surface area (Å²) < 4.78 is 33.6. The second-order valence-corrected chi connectivity index (χ2v) is 13.1. The summed E-state index contributed by atoms with van der Waals surface area (Å²) in [5.41, 5.74) is 1.80. The van der Waals surface area contributed by atoms with Crippen molar-refractivity contribution in [2.24, 2.45) is 5.92 Å². The number of aryl methyl sites for hydroxylation is 1. The average Bonchev–Trinajstić information content (AvgIpc) is 3.38. The Labute approximate surface area is 244 Å². The van der Waals surface area contributed by atoms with Crippen LogP contribution in [0.25, 0.3) is 11.4 Å². The van der Waals surface area contributed by atoms with E-state index in [-0.39, 0.29) is 16.7 Å². The van der Waals surface area contributed by atoms with E-state index in [0.29, 0.717) is 97.2 Å². The van der Waals surface area contributed by atoms with Gasteiger partial charge in [-0.05, 0) is 75.8 Å². The monoisotopic (exact) mass is 606 g/mol. The predicted molar refractivity (Wildman–Crippen MR) is 154 cm³/mol. The molecule has 1 N–H and O–H groups in total. The van der Waals surface area contributed by atoms with E-state index >= 15 is 0 Å². The van der Waals surface area contributed by atoms with Crippen LogP contribution in [0.2, 0.25) is 10.0 Å². The van der Waals surface area contributed by atoms with Crippen molar-refractivity contribution in [1.82, 2.24) is 24.2 Å². The fraction of sp³-hybridized carbons (Fsp3) is 0.444. The first-order valence-corrected chi connectivity index (χ1v) is 15.4. The molecule has 40 heavy (non-hydrogen) atoms. The first-order valence-electron chi connectivity index (χ1n) is 13.2. The van der Waals surface area contributed by atoms with Crippen molar-refractivity contribution in [3.63, 3.8) is 0 Å². The Hall–Kier alpha value is -2.54. The standard InChI is InChI=1S/C27H32Cl2N6O4S/c1-18-3-5-21(16-24(18)40(37,38)35-13-11-33(2)12-14-35)30-27(36)19-7-9-34(10-8-19)17-25-31-26(32-39-25)22-6-4-20(28)15-23(22)29/h3-6,15-16,19H,7-14,17H2,1-2H3,(H,30,36). The van der Waals surface area contributed by atoms with Crippen molar-refractivity contribution < 1.29 is 17.7 Å². The Morgan fingerprint density at radius 2 is 1.77 bits per heavy atom. The minimum absolute atomic E-state index is 0.107. The predicted octanol–water partition coefficient (Wildman–Crippen LogP) is 4.14. The van der Waals surface area contributed by atoms with Crippen molar-refractivity contribution in [3.8, 4) is 11.4 Å². The van der Waals surface area contributed by atoms with E-state index in [2.05, 4.69) is 25.3 Å². The highest BCUT2D eigenvalue weighted by molar-refractivity contribution is 7.89. The number of likely N-dealkylation sites (N-methyl/N-ethyl adjacent to an activating group) is 1. The number of hydrogen-bond donors (Lipinski definition) is 1. The Morgan fingerprint density at radius 3 is 2.48 bits per heavy atom. The summed E-state index contributed by atoms with van der Waals surface area (Å²) in [6.07, 6.45) is 1.32. The second kappa shape index (κ2) is 12.1. The van der Waals surface area contributed by atoms with E-state index in [1.165, 1.54) is 4.31 Å². The van der Waals surface area contributed by atoms with Gasteiger partial charge in [0.2, 0.25) is 27.6 Å². The minimum atomic E-state index is -3.64. The number of nitrogens with one attached hydrogen (secondary N) is 1. The van der Waals surface area contributed by atoms with Crippen molar-refractivity contribution in [3.05, 3.63) is 57.9 Å². The van der Waals surface area contributed by atoms with Crippen molar-refractivity contribution >= 4 is 44.8 Å². The quantitative estimate of drug-likeness (QED) is 0.427. The van der Waals surface area contributed by atoms with Crippen LogP contribution in [0.1, 0.15) is 24.3 Å². The minimum Gasteiger partial charge on any atom is -0.338 e. The number of piperazine rings is 1. The molecule has 10 nitrogen and oxygen atoms in total. The number of likely N-dealkylation sites (tertiary alicyclic amines) is 1. The molecule has 0 saturated carbocycles. The highest BCUT2D eigenvalue weighted by Gasteiger charge is 2.30. The number of rotatable bonds is 7. The molecule has 5 rings (SSSR count). The summed E-state index contributed by atoms with van der Waals surface area (Å²) in [6, 6.07) is 10.2. The lowest BCUT2D eigenvalue weighted by Gasteiger charge is -2.32. The van der Waals surface area contributed by atoms with E-state index in [0.717, 1.165) is 0 Å². The number of aromatic nitrogens is 2. The average molecular weight is 608 g/mol. The summed E-state index contributed by atoms with van der Waals surface area (Å²) in [5, 5.41) is 7.97. The number of carbonyl (C=O) groups excluding carboxylic acids is 1. The van der Waals surface area contributed by atoms with Gasteiger partial charge in [0, 0.05) is 48.4 Å². The molecule has 214 valence electrons. The number of halogens is 2. The number of nitrogens with zero attached hydrogens (tertiary/aromatic N) is 5. The lowest BCUT2D eigenvalue weighted by molar-refractivity contribution is -0.121. The SMILES string of the molecule is Cc1ccc(NC(=O)C2CCN(Cc3nc(-c4ccc(Cl)cc4Cl)no3)CC2)cc1S(=O)(=O)N1CCN(C)CC1. The number of hydrogen-bond acceptors (Lipinski definition) is 8. The highest BCUT2D eigenvalue weighted by Crippen LogP contribution is 2.29. The van der Waals surface area contributed by atoms with E-state index in [4.69, 9.17) is 27.7 Å². The molecule has 3 heterocycles. The zero-order valence-electron chi connectivity index (χ0n) is 22.4. The van der Waals surface area contributed by atoms with Gasteiger partial charge in [0.15, 0.2) is 0 Å². The van der Waals surface area contributed by atoms with E-state index < -0.39 is 10.0 Å². The van der Waals surface area contributed by atoms with Crippen LogP contribution in [0.3, 0.4) is 0 Å². The van der Waals surface area contributed by atoms with Crippen molar-refractivity contribution in [1.29, 1.82) is 0 Å². The van der Waals surface area contributed by atoms with Gasteiger partial charge in [-0.15, -0.1) is 0 Å². The maximum Gasteiger partial charge on any atom is 0.243 e. The third-order valence-corrected chi connectivity index (χ3v) is 10.1. The van der Waals surface area contributed by atoms with Crippen LogP contribution < -0.4 is 5.32 Å². The summed E-state index contributed by atoms with van der Waals surface area (Å²) in [5.74, 6) is 0.584. The number of carbonyl (C=O) groups is 1. The molecule has 0 bridgehead atoms. The van der Waals surface area contributed by atoms with Gasteiger partial charge in [-0.25, -0.2) is 8.42 Å². The molecule has 0 aliphatic carbocycles. The third-order valence-electron chi connectivity index (χ3n) is 7.49. The molecule has 1 aromatic heterocycles. The van der Waals surface area contributed by atoms with Gasteiger partial charge in [-0.2, -0.15) is 9.29 Å². The molecule has 1 amide bonds. The van der Waals surface area contributed by atoms with Gasteiger partial charge in [-0.1, -0.05) is 34.4 Å². The maximum atomic E-state index is 13.3. The smallest absolute Gasteiger partial charge is 0.243 e. The van der Waals surface area contributed by atoms with E-state index in [9.17, 15) is 13.2 Å². The maximum absolute atomic E-state index is 13.3. The van der Waals surface area contributed by atoms with Gasteiger partial charge < -0.3 is 14.7 Å². The Morgan fingerprint density at radius 1 is 1.05 bits per heavy atom. The van der Waals surface area contributed by atoms with Crippen LogP contribution in [0.15, 0.2) is 45.8 Å². The van der Waals surface area contributed by atoms with Crippen LogP contribution in [-0.4, -0.2) is 84.9 Å². The highest BCUT2D eigenvalue weighted by atomic mass is 35.5. The van der Waals surface area contributed by atoms with Crippen LogP contribution >= 0.6 is 23.2 Å². The van der Waals surface area contributed by atoms with Crippen molar-refractivity contribution in [2.75, 3.05) is 51.6 Å². The number of sulfonamides is 1. The van der Waals surface area contributed by atoms with Gasteiger partial charge >= 0.3 is 0 Å². The molecule has 0 atom stereocenters. The number of anilines is 1. The first kappa shape index (κ1) is 29.0. The zero-order valence-corrected chi connectivity index (χ0v) is 24.8. The lowest BCUT2D eigenvalue weighted by atomic mass is 9.96. The summed E-state index contributed by atoms with van der Waals surface area (Å²) in [4.78, 5) is 22.1. The number of benzene rings is 2. The fourth-order valence-electron chi connectivity index (χ4n) is 5.01. The van der Waals surface area contributed by atoms with Gasteiger partial charge in [0.05, 0.1) is 16.5 Å². The largest absolute Gasteiger partial charge is 0.338 e. The molecule has 0 unspecified atom stereocenters. The summed E-state index contributed by atoms with van der Waals surface area (Å²) >= 11 is 12.2. The molecule has 0 radical (unpaired) electrons. The molecule has 13 heteroatoms. The molecule has 2 fully saturated rings. The Bertz CT molecular complexity index is 1480. The molecule has 2 aliphatic rings. The van der Waals surface area contributed by atoms with Gasteiger partial charge in [0.1, 0.15) is 0 Å². The molecular formula is C27H32Cl2N6O4S. The molecule has 0 spiro atoms. The molecule has 2 aromatic carbocycles. The molecule has 3 aromatic rings. The first-order chi connectivity index (χ1) is 19.1. The van der Waals surface area contributed by atoms with Crippen LogP contribution in [-0.2, 0) is 21.4 Å².